The molecule has 11 nitrogen and oxygen atoms in total. The van der Waals surface area contributed by atoms with Gasteiger partial charge in [-0.05, 0) is 48.8 Å². The molecule has 2 heterocycles. The van der Waals surface area contributed by atoms with Gasteiger partial charge in [0.15, 0.2) is 17.3 Å². The number of nitrogens with one attached hydrogen (secondary N) is 1. The molecule has 3 rings (SSSR count). The van der Waals surface area contributed by atoms with Crippen LogP contribution in [0.3, 0.4) is 0 Å². The normalized spacial score (nSPS) is 18.7. The molecule has 0 spiro atoms. The number of aliphatic hydroxyl groups is 1. The summed E-state index contributed by atoms with van der Waals surface area (Å²) in [5.74, 6) is -3.16. The number of ketones is 3. The average molecular weight is 636 g/mol. The number of amides is 2. The minimum atomic E-state index is -1.14. The van der Waals surface area contributed by atoms with Gasteiger partial charge in [-0.3, -0.25) is 28.9 Å². The minimum Gasteiger partial charge on any atom is -0.391 e. The highest BCUT2D eigenvalue weighted by molar-refractivity contribution is 6.13. The number of benzene rings is 1. The van der Waals surface area contributed by atoms with Crippen LogP contribution in [-0.2, 0) is 9.59 Å². The number of piperidine rings is 1. The molecule has 11 heteroatoms. The molecule has 1 aromatic heterocycles. The number of Topliss-reactive ketones (excluding diaryl/α,β-unsaturated/α-hetero) is 3. The highest BCUT2D eigenvalue weighted by Gasteiger charge is 2.38. The number of carbonyl (C=O) groups excluding carboxylic acids is 5. The zero-order valence-corrected chi connectivity index (χ0v) is 27.7. The van der Waals surface area contributed by atoms with Crippen LogP contribution in [0.15, 0.2) is 42.6 Å². The van der Waals surface area contributed by atoms with Crippen molar-refractivity contribution in [1.29, 1.82) is 0 Å². The molecule has 1 aliphatic rings. The van der Waals surface area contributed by atoms with E-state index in [1.807, 2.05) is 41.5 Å². The Hall–Kier alpha value is -3.80. The first-order valence-corrected chi connectivity index (χ1v) is 16.1. The van der Waals surface area contributed by atoms with Crippen LogP contribution in [0.1, 0.15) is 98.3 Å². The van der Waals surface area contributed by atoms with Gasteiger partial charge >= 0.3 is 0 Å². The molecule has 0 bridgehead atoms. The second kappa shape index (κ2) is 16.2. The first kappa shape index (κ1) is 36.7. The summed E-state index contributed by atoms with van der Waals surface area (Å²) in [6.07, 6.45) is 1.36. The van der Waals surface area contributed by atoms with E-state index in [0.29, 0.717) is 18.4 Å². The number of carbonyl (C=O) groups is 5. The van der Waals surface area contributed by atoms with Gasteiger partial charge in [-0.1, -0.05) is 66.2 Å². The minimum absolute atomic E-state index is 0.00594. The molecule has 1 saturated heterocycles. The first-order chi connectivity index (χ1) is 21.7. The molecular formula is C35H49N5O6. The van der Waals surface area contributed by atoms with E-state index in [4.69, 9.17) is 11.5 Å². The Bertz CT molecular complexity index is 1410. The topological polar surface area (TPSA) is 186 Å². The largest absolute Gasteiger partial charge is 0.391 e. The predicted octanol–water partition coefficient (Wildman–Crippen LogP) is 3.32. The van der Waals surface area contributed by atoms with E-state index in [-0.39, 0.29) is 59.9 Å². The van der Waals surface area contributed by atoms with Crippen LogP contribution >= 0.6 is 0 Å². The van der Waals surface area contributed by atoms with Crippen LogP contribution in [0, 0.1) is 23.7 Å². The number of hydrogen-bond donors (Lipinski definition) is 4. The van der Waals surface area contributed by atoms with Gasteiger partial charge in [0.25, 0.3) is 11.8 Å². The third-order valence-electron chi connectivity index (χ3n) is 8.80. The Balaban J connectivity index is 2.03. The van der Waals surface area contributed by atoms with E-state index in [1.165, 1.54) is 12.3 Å². The maximum atomic E-state index is 14.3. The Morgan fingerprint density at radius 3 is 2.24 bits per heavy atom. The molecule has 0 radical (unpaired) electrons. The van der Waals surface area contributed by atoms with Crippen LogP contribution in [0.25, 0.3) is 0 Å². The summed E-state index contributed by atoms with van der Waals surface area (Å²) in [5.41, 5.74) is 12.9. The molecule has 0 saturated carbocycles. The maximum absolute atomic E-state index is 14.3. The molecule has 6 N–H and O–H groups in total. The van der Waals surface area contributed by atoms with Gasteiger partial charge in [-0.25, -0.2) is 4.98 Å². The third-order valence-corrected chi connectivity index (χ3v) is 8.80. The maximum Gasteiger partial charge on any atom is 0.251 e. The second-order valence-electron chi connectivity index (χ2n) is 13.2. The van der Waals surface area contributed by atoms with Crippen LogP contribution in [0.4, 0.5) is 5.82 Å². The van der Waals surface area contributed by atoms with Crippen molar-refractivity contribution in [2.75, 3.05) is 11.4 Å². The lowest BCUT2D eigenvalue weighted by Gasteiger charge is -2.32. The fourth-order valence-electron chi connectivity index (χ4n) is 5.66. The fraction of sp³-hybridized carbons (Fsp3) is 0.543. The number of rotatable bonds is 15. The van der Waals surface area contributed by atoms with E-state index in [1.54, 1.807) is 30.3 Å². The van der Waals surface area contributed by atoms with E-state index in [0.717, 1.165) is 4.90 Å². The van der Waals surface area contributed by atoms with Gasteiger partial charge in [0.1, 0.15) is 11.9 Å². The molecule has 1 aliphatic heterocycles. The van der Waals surface area contributed by atoms with Crippen LogP contribution < -0.4 is 21.7 Å². The standard InChI is InChI=1S/C35H49N5O6/c1-7-21(6)31(37)33(44)26-17-38-30(16-25(26)32(43)24(20(4)5)15-29(42)27(36)13-19(2)3)40-18-23(41)14-28(35(40)46)39-34(45)22-11-9-8-10-12-22/h8-12,16-17,19-21,24,27-29,31,42H,7,13-15,18,36-37H2,1-6H3,(H,39,45)/t21-,24?,27-,28?,29-,31-/m0/s1. The lowest BCUT2D eigenvalue weighted by atomic mass is 9.80. The Morgan fingerprint density at radius 2 is 1.65 bits per heavy atom. The smallest absolute Gasteiger partial charge is 0.251 e. The number of hydrogen-bond acceptors (Lipinski definition) is 9. The molecule has 0 aliphatic carbocycles. The van der Waals surface area contributed by atoms with Crippen molar-refractivity contribution in [3.8, 4) is 0 Å². The van der Waals surface area contributed by atoms with Crippen LogP contribution in [-0.4, -0.2) is 70.0 Å². The Kier molecular flexibility index (Phi) is 12.9. The lowest BCUT2D eigenvalue weighted by molar-refractivity contribution is -0.129. The molecule has 2 amide bonds. The summed E-state index contributed by atoms with van der Waals surface area (Å²) in [6.45, 7) is 11.1. The zero-order chi connectivity index (χ0) is 34.3. The molecule has 6 atom stereocenters. The van der Waals surface area contributed by atoms with Crippen molar-refractivity contribution in [2.45, 2.75) is 91.5 Å². The second-order valence-corrected chi connectivity index (χ2v) is 13.2. The van der Waals surface area contributed by atoms with E-state index in [9.17, 15) is 29.1 Å². The summed E-state index contributed by atoms with van der Waals surface area (Å²) in [7, 11) is 0. The van der Waals surface area contributed by atoms with Gasteiger partial charge in [0.2, 0.25) is 0 Å². The third kappa shape index (κ3) is 8.92. The van der Waals surface area contributed by atoms with Crippen LogP contribution in [0.5, 0.6) is 0 Å². The molecule has 2 aromatic rings. The zero-order valence-electron chi connectivity index (χ0n) is 27.7. The van der Waals surface area contributed by atoms with Gasteiger partial charge < -0.3 is 21.9 Å². The summed E-state index contributed by atoms with van der Waals surface area (Å²) in [5, 5.41) is 13.6. The summed E-state index contributed by atoms with van der Waals surface area (Å²) < 4.78 is 0. The summed E-state index contributed by atoms with van der Waals surface area (Å²) in [4.78, 5) is 72.7. The fourth-order valence-corrected chi connectivity index (χ4v) is 5.66. The Morgan fingerprint density at radius 1 is 1.00 bits per heavy atom. The van der Waals surface area contributed by atoms with Crippen molar-refractivity contribution in [3.63, 3.8) is 0 Å². The number of pyridine rings is 1. The summed E-state index contributed by atoms with van der Waals surface area (Å²) in [6, 6.07) is 7.09. The molecule has 1 aromatic carbocycles. The summed E-state index contributed by atoms with van der Waals surface area (Å²) >= 11 is 0. The Labute approximate surface area is 271 Å². The average Bonchev–Trinajstić information content (AvgIpc) is 3.03. The SMILES string of the molecule is CC[C@H](C)[C@H](N)C(=O)c1cnc(N2CC(=O)CC(NC(=O)c3ccccc3)C2=O)cc1C(=O)C(C[C@H](O)[C@@H](N)CC(C)C)C(C)C. The number of anilines is 1. The number of aromatic nitrogens is 1. The molecule has 250 valence electrons. The van der Waals surface area contributed by atoms with E-state index >= 15 is 0 Å². The van der Waals surface area contributed by atoms with Gasteiger partial charge in [-0.2, -0.15) is 0 Å². The van der Waals surface area contributed by atoms with E-state index < -0.39 is 53.5 Å². The van der Waals surface area contributed by atoms with Crippen molar-refractivity contribution < 1.29 is 29.1 Å². The molecule has 2 unspecified atom stereocenters. The molecular weight excluding hydrogens is 586 g/mol. The van der Waals surface area contributed by atoms with Gasteiger partial charge in [0, 0.05) is 41.3 Å². The molecule has 46 heavy (non-hydrogen) atoms. The highest BCUT2D eigenvalue weighted by Crippen LogP contribution is 2.30. The van der Waals surface area contributed by atoms with Crippen molar-refractivity contribution in [2.24, 2.45) is 35.1 Å². The number of nitrogens with zero attached hydrogens (tertiary/aromatic N) is 2. The molecule has 1 fully saturated rings. The highest BCUT2D eigenvalue weighted by atomic mass is 16.3. The first-order valence-electron chi connectivity index (χ1n) is 16.1. The number of nitrogens with two attached hydrogens (primary N) is 2. The van der Waals surface area contributed by atoms with Crippen molar-refractivity contribution in [3.05, 3.63) is 59.3 Å². The lowest BCUT2D eigenvalue weighted by Crippen LogP contribution is -2.55. The predicted molar refractivity (Wildman–Crippen MR) is 176 cm³/mol. The van der Waals surface area contributed by atoms with E-state index in [2.05, 4.69) is 10.3 Å². The number of aliphatic hydroxyl groups excluding tert-OH is 1. The van der Waals surface area contributed by atoms with Crippen LogP contribution in [0.2, 0.25) is 0 Å². The van der Waals surface area contributed by atoms with Crippen molar-refractivity contribution >= 4 is 35.0 Å². The quantitative estimate of drug-likeness (QED) is 0.213. The van der Waals surface area contributed by atoms with Gasteiger partial charge in [0.05, 0.1) is 18.7 Å². The van der Waals surface area contributed by atoms with Crippen molar-refractivity contribution in [1.82, 2.24) is 10.3 Å². The monoisotopic (exact) mass is 635 g/mol. The van der Waals surface area contributed by atoms with Gasteiger partial charge in [-0.15, -0.1) is 0 Å².